The fourth-order valence-corrected chi connectivity index (χ4v) is 1.42. The van der Waals surface area contributed by atoms with Crippen molar-refractivity contribution in [2.45, 2.75) is 24.8 Å². The second-order valence-electron chi connectivity index (χ2n) is 2.51. The van der Waals surface area contributed by atoms with Crippen molar-refractivity contribution in [2.75, 3.05) is 13.2 Å². The first-order valence-electron chi connectivity index (χ1n) is 3.25. The molecule has 2 heterocycles. The number of halogens is 1. The summed E-state index contributed by atoms with van der Waals surface area (Å²) in [7, 11) is 0. The minimum atomic E-state index is -0.877. The van der Waals surface area contributed by atoms with Gasteiger partial charge in [-0.3, -0.25) is 0 Å². The maximum atomic E-state index is 12.6. The molecule has 0 aliphatic carbocycles. The van der Waals surface area contributed by atoms with E-state index in [1.807, 2.05) is 0 Å². The Kier molecular flexibility index (Phi) is 1.20. The SMILES string of the molecule is FC1CO[C@@H]2CCO[C@H]12. The lowest BCUT2D eigenvalue weighted by Crippen LogP contribution is -2.23. The van der Waals surface area contributed by atoms with Crippen LogP contribution in [-0.2, 0) is 9.47 Å². The van der Waals surface area contributed by atoms with Gasteiger partial charge in [0.1, 0.15) is 6.10 Å². The lowest BCUT2D eigenvalue weighted by molar-refractivity contribution is 0.0543. The van der Waals surface area contributed by atoms with E-state index in [0.717, 1.165) is 6.42 Å². The van der Waals surface area contributed by atoms with Crippen molar-refractivity contribution in [3.8, 4) is 0 Å². The lowest BCUT2D eigenvalue weighted by Gasteiger charge is -2.06. The molecule has 0 aromatic carbocycles. The highest BCUT2D eigenvalue weighted by Crippen LogP contribution is 2.27. The van der Waals surface area contributed by atoms with Crippen LogP contribution in [0.2, 0.25) is 0 Å². The highest BCUT2D eigenvalue weighted by molar-refractivity contribution is 4.88. The Hall–Kier alpha value is -0.150. The number of hydrogen-bond donors (Lipinski definition) is 0. The maximum Gasteiger partial charge on any atom is 0.152 e. The third-order valence-corrected chi connectivity index (χ3v) is 1.91. The van der Waals surface area contributed by atoms with Crippen LogP contribution in [0.25, 0.3) is 0 Å². The predicted octanol–water partition coefficient (Wildman–Crippen LogP) is 0.512. The molecule has 0 radical (unpaired) electrons. The molecule has 9 heavy (non-hydrogen) atoms. The van der Waals surface area contributed by atoms with Crippen LogP contribution < -0.4 is 0 Å². The van der Waals surface area contributed by atoms with Crippen molar-refractivity contribution in [3.63, 3.8) is 0 Å². The van der Waals surface area contributed by atoms with E-state index in [1.165, 1.54) is 0 Å². The summed E-state index contributed by atoms with van der Waals surface area (Å²) in [6, 6.07) is 0. The number of hydrogen-bond acceptors (Lipinski definition) is 2. The second-order valence-corrected chi connectivity index (χ2v) is 2.51. The van der Waals surface area contributed by atoms with Crippen LogP contribution >= 0.6 is 0 Å². The van der Waals surface area contributed by atoms with Crippen LogP contribution in [0.5, 0.6) is 0 Å². The Morgan fingerprint density at radius 1 is 1.33 bits per heavy atom. The number of alkyl halides is 1. The molecule has 1 unspecified atom stereocenters. The highest BCUT2D eigenvalue weighted by Gasteiger charge is 2.41. The van der Waals surface area contributed by atoms with E-state index >= 15 is 0 Å². The molecule has 52 valence electrons. The molecule has 2 aliphatic rings. The van der Waals surface area contributed by atoms with Crippen molar-refractivity contribution in [1.82, 2.24) is 0 Å². The Morgan fingerprint density at radius 2 is 2.22 bits per heavy atom. The highest BCUT2D eigenvalue weighted by atomic mass is 19.1. The van der Waals surface area contributed by atoms with Crippen LogP contribution in [0, 0.1) is 0 Å². The van der Waals surface area contributed by atoms with Gasteiger partial charge in [-0.15, -0.1) is 0 Å². The van der Waals surface area contributed by atoms with Crippen molar-refractivity contribution >= 4 is 0 Å². The van der Waals surface area contributed by atoms with E-state index in [1.54, 1.807) is 0 Å². The summed E-state index contributed by atoms with van der Waals surface area (Å²) in [6.07, 6.45) is -0.201. The van der Waals surface area contributed by atoms with Gasteiger partial charge >= 0.3 is 0 Å². The molecule has 3 heteroatoms. The zero-order chi connectivity index (χ0) is 6.27. The second kappa shape index (κ2) is 1.92. The van der Waals surface area contributed by atoms with E-state index < -0.39 is 6.17 Å². The summed E-state index contributed by atoms with van der Waals surface area (Å²) in [5, 5.41) is 0. The van der Waals surface area contributed by atoms with Crippen molar-refractivity contribution in [3.05, 3.63) is 0 Å². The minimum absolute atomic E-state index is 0.0556. The zero-order valence-electron chi connectivity index (χ0n) is 5.05. The third kappa shape index (κ3) is 0.756. The van der Waals surface area contributed by atoms with E-state index in [2.05, 4.69) is 0 Å². The van der Waals surface area contributed by atoms with Gasteiger partial charge in [-0.25, -0.2) is 4.39 Å². The van der Waals surface area contributed by atoms with Gasteiger partial charge in [-0.2, -0.15) is 0 Å². The minimum Gasteiger partial charge on any atom is -0.372 e. The molecule has 2 fully saturated rings. The van der Waals surface area contributed by atoms with E-state index in [9.17, 15) is 4.39 Å². The summed E-state index contributed by atoms with van der Waals surface area (Å²) in [4.78, 5) is 0. The summed E-state index contributed by atoms with van der Waals surface area (Å²) >= 11 is 0. The Labute approximate surface area is 52.9 Å². The molecule has 0 spiro atoms. The molecule has 0 aromatic rings. The summed E-state index contributed by atoms with van der Waals surface area (Å²) in [5.41, 5.74) is 0. The first-order valence-corrected chi connectivity index (χ1v) is 3.25. The maximum absolute atomic E-state index is 12.6. The molecule has 0 N–H and O–H groups in total. The summed E-state index contributed by atoms with van der Waals surface area (Å²) in [6.45, 7) is 0.894. The van der Waals surface area contributed by atoms with Crippen molar-refractivity contribution in [1.29, 1.82) is 0 Å². The number of rotatable bonds is 0. The van der Waals surface area contributed by atoms with Gasteiger partial charge in [0.25, 0.3) is 0 Å². The molecule has 2 rings (SSSR count). The standard InChI is InChI=1S/C6H9FO2/c7-4-3-9-5-1-2-8-6(4)5/h4-6H,1-3H2/t4?,5-,6-/m1/s1. The van der Waals surface area contributed by atoms with Gasteiger partial charge < -0.3 is 9.47 Å². The molecule has 2 aliphatic heterocycles. The van der Waals surface area contributed by atoms with Gasteiger partial charge in [0, 0.05) is 6.61 Å². The molecule has 0 amide bonds. The summed E-state index contributed by atoms with van der Waals surface area (Å²) in [5.74, 6) is 0. The van der Waals surface area contributed by atoms with Gasteiger partial charge in [0.2, 0.25) is 0 Å². The Bertz CT molecular complexity index is 118. The van der Waals surface area contributed by atoms with Crippen molar-refractivity contribution < 1.29 is 13.9 Å². The van der Waals surface area contributed by atoms with Gasteiger partial charge in [-0.05, 0) is 6.42 Å². The fourth-order valence-electron chi connectivity index (χ4n) is 1.42. The van der Waals surface area contributed by atoms with E-state index in [-0.39, 0.29) is 18.8 Å². The first-order chi connectivity index (χ1) is 4.38. The fraction of sp³-hybridized carbons (Fsp3) is 1.00. The lowest BCUT2D eigenvalue weighted by atomic mass is 10.2. The van der Waals surface area contributed by atoms with Crippen LogP contribution in [0.3, 0.4) is 0 Å². The van der Waals surface area contributed by atoms with Gasteiger partial charge in [0.05, 0.1) is 12.7 Å². The monoisotopic (exact) mass is 132 g/mol. The van der Waals surface area contributed by atoms with Crippen LogP contribution in [-0.4, -0.2) is 31.6 Å². The molecule has 3 atom stereocenters. The first kappa shape index (κ1) is 5.62. The Morgan fingerprint density at radius 3 is 3.00 bits per heavy atom. The molecule has 2 nitrogen and oxygen atoms in total. The molecule has 2 saturated heterocycles. The Balaban J connectivity index is 2.07. The normalized spacial score (nSPS) is 49.7. The molecule has 0 bridgehead atoms. The van der Waals surface area contributed by atoms with Gasteiger partial charge in [-0.1, -0.05) is 0 Å². The van der Waals surface area contributed by atoms with Crippen LogP contribution in [0.4, 0.5) is 4.39 Å². The zero-order valence-corrected chi connectivity index (χ0v) is 5.05. The van der Waals surface area contributed by atoms with E-state index in [4.69, 9.17) is 9.47 Å². The number of ether oxygens (including phenoxy) is 2. The van der Waals surface area contributed by atoms with Crippen molar-refractivity contribution in [2.24, 2.45) is 0 Å². The molecule has 0 aromatic heterocycles. The smallest absolute Gasteiger partial charge is 0.152 e. The van der Waals surface area contributed by atoms with Crippen LogP contribution in [0.1, 0.15) is 6.42 Å². The quantitative estimate of drug-likeness (QED) is 0.478. The largest absolute Gasteiger partial charge is 0.372 e. The molecular formula is C6H9FO2. The van der Waals surface area contributed by atoms with Gasteiger partial charge in [0.15, 0.2) is 6.17 Å². The molecular weight excluding hydrogens is 123 g/mol. The average Bonchev–Trinajstić information content (AvgIpc) is 2.35. The summed E-state index contributed by atoms with van der Waals surface area (Å²) < 4.78 is 22.8. The topological polar surface area (TPSA) is 18.5 Å². The predicted molar refractivity (Wildman–Crippen MR) is 29.0 cm³/mol. The molecule has 0 saturated carbocycles. The average molecular weight is 132 g/mol. The third-order valence-electron chi connectivity index (χ3n) is 1.91. The van der Waals surface area contributed by atoms with E-state index in [0.29, 0.717) is 6.61 Å². The number of fused-ring (bicyclic) bond motifs is 1. The van der Waals surface area contributed by atoms with Crippen LogP contribution in [0.15, 0.2) is 0 Å².